The van der Waals surface area contributed by atoms with Gasteiger partial charge in [-0.2, -0.15) is 0 Å². The van der Waals surface area contributed by atoms with Gasteiger partial charge in [-0.05, 0) is 48.3 Å². The van der Waals surface area contributed by atoms with E-state index < -0.39 is 17.6 Å². The molecule has 0 saturated carbocycles. The molecule has 0 spiro atoms. The molecule has 2 aromatic carbocycles. The number of carbonyl (C=O) groups excluding carboxylic acids is 2. The smallest absolute Gasteiger partial charge is 0.273 e. The second-order valence-corrected chi connectivity index (χ2v) is 7.63. The van der Waals surface area contributed by atoms with Crippen LogP contribution in [0.15, 0.2) is 41.3 Å². The molecule has 3 rings (SSSR count). The number of hydrogen-bond acceptors (Lipinski definition) is 6. The molecule has 0 bridgehead atoms. The van der Waals surface area contributed by atoms with E-state index in [1.54, 1.807) is 12.1 Å². The van der Waals surface area contributed by atoms with Crippen LogP contribution < -0.4 is 15.6 Å². The Labute approximate surface area is 176 Å². The van der Waals surface area contributed by atoms with E-state index >= 15 is 0 Å². The summed E-state index contributed by atoms with van der Waals surface area (Å²) in [5.74, 6) is -1.82. The molecule has 29 heavy (non-hydrogen) atoms. The summed E-state index contributed by atoms with van der Waals surface area (Å²) in [5.41, 5.74) is 4.43. The third-order valence-corrected chi connectivity index (χ3v) is 5.41. The SMILES string of the molecule is COc1ccc(Cl)cc1C(=O)NNC(=O)c1cc(SN2CCOCC2)ccc1F. The van der Waals surface area contributed by atoms with Crippen LogP contribution >= 0.6 is 23.5 Å². The lowest BCUT2D eigenvalue weighted by Gasteiger charge is -2.25. The van der Waals surface area contributed by atoms with Gasteiger partial charge in [0, 0.05) is 23.0 Å². The van der Waals surface area contributed by atoms with Crippen LogP contribution in [0.3, 0.4) is 0 Å². The summed E-state index contributed by atoms with van der Waals surface area (Å²) in [4.78, 5) is 25.5. The summed E-state index contributed by atoms with van der Waals surface area (Å²) >= 11 is 7.33. The van der Waals surface area contributed by atoms with Gasteiger partial charge in [-0.15, -0.1) is 0 Å². The van der Waals surface area contributed by atoms with Crippen LogP contribution in [0.25, 0.3) is 0 Å². The van der Waals surface area contributed by atoms with Crippen LogP contribution in [-0.2, 0) is 4.74 Å². The molecule has 10 heteroatoms. The highest BCUT2D eigenvalue weighted by molar-refractivity contribution is 7.97. The third kappa shape index (κ3) is 5.60. The predicted octanol–water partition coefficient (Wildman–Crippen LogP) is 2.90. The maximum atomic E-state index is 14.2. The van der Waals surface area contributed by atoms with Crippen molar-refractivity contribution in [3.05, 3.63) is 58.4 Å². The number of nitrogens with one attached hydrogen (secondary N) is 2. The molecule has 2 aromatic rings. The molecular weight excluding hydrogens is 421 g/mol. The molecule has 154 valence electrons. The Morgan fingerprint density at radius 3 is 2.48 bits per heavy atom. The number of benzene rings is 2. The summed E-state index contributed by atoms with van der Waals surface area (Å²) in [6.45, 7) is 2.73. The zero-order valence-corrected chi connectivity index (χ0v) is 17.1. The molecule has 7 nitrogen and oxygen atoms in total. The molecule has 0 aliphatic carbocycles. The minimum atomic E-state index is -0.777. The summed E-state index contributed by atoms with van der Waals surface area (Å²) in [5, 5.41) is 0.334. The van der Waals surface area contributed by atoms with Gasteiger partial charge in [-0.1, -0.05) is 11.6 Å². The first-order valence-corrected chi connectivity index (χ1v) is 9.87. The maximum Gasteiger partial charge on any atom is 0.273 e. The molecule has 0 unspecified atom stereocenters. The molecule has 1 aliphatic rings. The van der Waals surface area contributed by atoms with Crippen LogP contribution in [0.1, 0.15) is 20.7 Å². The molecule has 0 aromatic heterocycles. The summed E-state index contributed by atoms with van der Waals surface area (Å²) in [7, 11) is 1.41. The van der Waals surface area contributed by atoms with Crippen molar-refractivity contribution in [1.29, 1.82) is 0 Å². The quantitative estimate of drug-likeness (QED) is 0.551. The molecule has 1 fully saturated rings. The first kappa shape index (κ1) is 21.4. The number of halogens is 2. The minimum absolute atomic E-state index is 0.136. The van der Waals surface area contributed by atoms with Gasteiger partial charge in [0.15, 0.2) is 0 Å². The zero-order chi connectivity index (χ0) is 20.8. The molecule has 0 radical (unpaired) electrons. The largest absolute Gasteiger partial charge is 0.496 e. The monoisotopic (exact) mass is 439 g/mol. The molecule has 0 atom stereocenters. The van der Waals surface area contributed by atoms with Crippen LogP contribution in [0.5, 0.6) is 5.75 Å². The zero-order valence-electron chi connectivity index (χ0n) is 15.5. The Balaban J connectivity index is 1.66. The number of nitrogens with zero attached hydrogens (tertiary/aromatic N) is 1. The molecule has 1 heterocycles. The second-order valence-electron chi connectivity index (χ2n) is 6.03. The standard InChI is InChI=1S/C19H19ClFN3O4S/c1-27-17-5-2-12(20)10-15(17)19(26)23-22-18(25)14-11-13(3-4-16(14)21)29-24-6-8-28-9-7-24/h2-5,10-11H,6-9H2,1H3,(H,22,25)(H,23,26). The highest BCUT2D eigenvalue weighted by Crippen LogP contribution is 2.26. The fraction of sp³-hybridized carbons (Fsp3) is 0.263. The Hall–Kier alpha value is -2.33. The van der Waals surface area contributed by atoms with E-state index in [0.29, 0.717) is 23.1 Å². The molecule has 1 saturated heterocycles. The molecule has 1 aliphatic heterocycles. The van der Waals surface area contributed by atoms with Crippen LogP contribution in [0, 0.1) is 5.82 Å². The van der Waals surface area contributed by atoms with Gasteiger partial charge in [0.25, 0.3) is 11.8 Å². The van der Waals surface area contributed by atoms with Gasteiger partial charge in [0.2, 0.25) is 0 Å². The van der Waals surface area contributed by atoms with Crippen LogP contribution in [0.4, 0.5) is 4.39 Å². The first-order chi connectivity index (χ1) is 14.0. The number of methoxy groups -OCH3 is 1. The van der Waals surface area contributed by atoms with Gasteiger partial charge >= 0.3 is 0 Å². The van der Waals surface area contributed by atoms with E-state index in [-0.39, 0.29) is 16.9 Å². The van der Waals surface area contributed by atoms with E-state index in [1.165, 1.54) is 43.3 Å². The lowest BCUT2D eigenvalue weighted by atomic mass is 10.2. The van der Waals surface area contributed by atoms with Crippen molar-refractivity contribution in [1.82, 2.24) is 15.2 Å². The number of rotatable bonds is 5. The number of amides is 2. The average Bonchev–Trinajstić information content (AvgIpc) is 2.73. The van der Waals surface area contributed by atoms with Gasteiger partial charge in [-0.3, -0.25) is 20.4 Å². The van der Waals surface area contributed by atoms with Crippen molar-refractivity contribution in [2.24, 2.45) is 0 Å². The second kappa shape index (κ2) is 9.93. The Morgan fingerprint density at radius 2 is 1.79 bits per heavy atom. The van der Waals surface area contributed by atoms with Crippen LogP contribution in [-0.4, -0.2) is 49.5 Å². The summed E-state index contributed by atoms with van der Waals surface area (Å²) in [6, 6.07) is 8.77. The van der Waals surface area contributed by atoms with Crippen molar-refractivity contribution >= 4 is 35.4 Å². The van der Waals surface area contributed by atoms with Crippen LogP contribution in [0.2, 0.25) is 5.02 Å². The van der Waals surface area contributed by atoms with E-state index in [2.05, 4.69) is 15.2 Å². The van der Waals surface area contributed by atoms with Crippen molar-refractivity contribution in [3.8, 4) is 5.75 Å². The van der Waals surface area contributed by atoms with E-state index in [9.17, 15) is 14.0 Å². The molecule has 2 N–H and O–H groups in total. The number of hydrazine groups is 1. The lowest BCUT2D eigenvalue weighted by Crippen LogP contribution is -2.42. The van der Waals surface area contributed by atoms with Crippen molar-refractivity contribution in [2.45, 2.75) is 4.90 Å². The van der Waals surface area contributed by atoms with E-state index in [1.807, 2.05) is 0 Å². The fourth-order valence-electron chi connectivity index (χ4n) is 2.63. The van der Waals surface area contributed by atoms with Gasteiger partial charge in [0.05, 0.1) is 31.5 Å². The van der Waals surface area contributed by atoms with Gasteiger partial charge < -0.3 is 9.47 Å². The third-order valence-electron chi connectivity index (χ3n) is 4.08. The first-order valence-electron chi connectivity index (χ1n) is 8.72. The Bertz CT molecular complexity index is 909. The Kier molecular flexibility index (Phi) is 7.32. The minimum Gasteiger partial charge on any atom is -0.496 e. The topological polar surface area (TPSA) is 79.9 Å². The summed E-state index contributed by atoms with van der Waals surface area (Å²) in [6.07, 6.45) is 0. The number of morpholine rings is 1. The number of ether oxygens (including phenoxy) is 2. The molecule has 2 amide bonds. The molecular formula is C19H19ClFN3O4S. The fourth-order valence-corrected chi connectivity index (χ4v) is 3.73. The van der Waals surface area contributed by atoms with Crippen molar-refractivity contribution < 1.29 is 23.5 Å². The number of carbonyl (C=O) groups is 2. The predicted molar refractivity (Wildman–Crippen MR) is 108 cm³/mol. The highest BCUT2D eigenvalue weighted by Gasteiger charge is 2.18. The van der Waals surface area contributed by atoms with Crippen molar-refractivity contribution in [2.75, 3.05) is 33.4 Å². The summed E-state index contributed by atoms with van der Waals surface area (Å²) < 4.78 is 26.6. The van der Waals surface area contributed by atoms with Crippen molar-refractivity contribution in [3.63, 3.8) is 0 Å². The number of hydrogen-bond donors (Lipinski definition) is 2. The lowest BCUT2D eigenvalue weighted by molar-refractivity contribution is 0.0773. The van der Waals surface area contributed by atoms with Gasteiger partial charge in [-0.25, -0.2) is 8.70 Å². The van der Waals surface area contributed by atoms with E-state index in [4.69, 9.17) is 21.1 Å². The average molecular weight is 440 g/mol. The normalized spacial score (nSPS) is 14.3. The maximum absolute atomic E-state index is 14.2. The van der Waals surface area contributed by atoms with E-state index in [0.717, 1.165) is 13.1 Å². The highest BCUT2D eigenvalue weighted by atomic mass is 35.5. The Morgan fingerprint density at radius 1 is 1.10 bits per heavy atom. The van der Waals surface area contributed by atoms with Gasteiger partial charge in [0.1, 0.15) is 11.6 Å².